The van der Waals surface area contributed by atoms with Gasteiger partial charge in [0.15, 0.2) is 0 Å². The van der Waals surface area contributed by atoms with Crippen molar-refractivity contribution in [2.24, 2.45) is 5.92 Å². The smallest absolute Gasteiger partial charge is 0.121 e. The third-order valence-electron chi connectivity index (χ3n) is 8.38. The van der Waals surface area contributed by atoms with Crippen LogP contribution in [0.2, 0.25) is 19.6 Å². The van der Waals surface area contributed by atoms with Gasteiger partial charge in [0.05, 0.1) is 13.7 Å². The number of nitrogens with zero attached hydrogens (tertiary/aromatic N) is 2. The fourth-order valence-electron chi connectivity index (χ4n) is 5.93. The van der Waals surface area contributed by atoms with E-state index in [9.17, 15) is 0 Å². The van der Waals surface area contributed by atoms with Crippen LogP contribution in [0, 0.1) is 24.9 Å². The minimum Gasteiger partial charge on any atom is -0.501 e. The van der Waals surface area contributed by atoms with Gasteiger partial charge in [-0.1, -0.05) is 118 Å². The number of benzene rings is 4. The van der Waals surface area contributed by atoms with Crippen molar-refractivity contribution in [1.82, 2.24) is 9.97 Å². The van der Waals surface area contributed by atoms with Crippen LogP contribution in [0.1, 0.15) is 58.5 Å². The van der Waals surface area contributed by atoms with Crippen molar-refractivity contribution in [1.29, 1.82) is 0 Å². The molecule has 0 aliphatic carbocycles. The van der Waals surface area contributed by atoms with E-state index in [1.807, 2.05) is 86.8 Å². The summed E-state index contributed by atoms with van der Waals surface area (Å²) >= 11 is 0. The predicted molar refractivity (Wildman–Crippen MR) is 210 cm³/mol. The van der Waals surface area contributed by atoms with Gasteiger partial charge in [-0.05, 0) is 69.9 Å². The largest absolute Gasteiger partial charge is 0.501 e. The molecule has 5 heteroatoms. The van der Waals surface area contributed by atoms with Crippen LogP contribution in [0.5, 0.6) is 0 Å². The fraction of sp³-hybridized carbons (Fsp3) is 0.244. The topological polar surface area (TPSA) is 38.9 Å². The number of rotatable bonds is 7. The van der Waals surface area contributed by atoms with Crippen molar-refractivity contribution in [3.63, 3.8) is 0 Å². The summed E-state index contributed by atoms with van der Waals surface area (Å²) in [6.07, 6.45) is 1.89. The second-order valence-corrected chi connectivity index (χ2v) is 18.9. The molecule has 0 N–H and O–H groups in total. The average Bonchev–Trinajstić information content (AvgIpc) is 3.52. The van der Waals surface area contributed by atoms with Gasteiger partial charge in [-0.3, -0.25) is 0 Å². The second-order valence-electron chi connectivity index (χ2n) is 13.8. The van der Waals surface area contributed by atoms with Gasteiger partial charge in [-0.25, -0.2) is 0 Å². The molecule has 50 heavy (non-hydrogen) atoms. The van der Waals surface area contributed by atoms with Crippen molar-refractivity contribution in [2.45, 2.75) is 66.5 Å². The van der Waals surface area contributed by atoms with Crippen LogP contribution in [-0.2, 0) is 26.5 Å². The van der Waals surface area contributed by atoms with Crippen LogP contribution in [-0.4, -0.2) is 18.0 Å². The first-order valence-corrected chi connectivity index (χ1v) is 20.2. The van der Waals surface area contributed by atoms with E-state index in [0.29, 0.717) is 22.4 Å². The maximum atomic E-state index is 8.55. The fourth-order valence-corrected chi connectivity index (χ4v) is 7.34. The first kappa shape index (κ1) is 29.6. The van der Waals surface area contributed by atoms with Crippen LogP contribution in [0.4, 0.5) is 0 Å². The van der Waals surface area contributed by atoms with Gasteiger partial charge < -0.3 is 14.4 Å². The summed E-state index contributed by atoms with van der Waals surface area (Å²) in [5.74, 6) is -1.19. The number of hydrogen-bond donors (Lipinski definition) is 0. The van der Waals surface area contributed by atoms with Gasteiger partial charge in [0.25, 0.3) is 0 Å². The SMILES string of the molecule is [2H]C([2H])([2H])c1cnc(-c2[c-]ccc3c2oc2cc(-c4ccccc4)ccc23)cc1C([2H])(C)C.[2H]C([2H])(c1cc(-c2[c-]cccc2)ncc1[Si](C)(C)C)C(C)C.[Ir]. The van der Waals surface area contributed by atoms with Crippen molar-refractivity contribution < 1.29 is 32.7 Å². The molecule has 0 fully saturated rings. The Morgan fingerprint density at radius 1 is 0.800 bits per heavy atom. The Morgan fingerprint density at radius 3 is 2.24 bits per heavy atom. The Balaban J connectivity index is 0.000000229. The number of pyridine rings is 2. The molecule has 257 valence electrons. The first-order valence-electron chi connectivity index (χ1n) is 19.7. The Morgan fingerprint density at radius 2 is 1.56 bits per heavy atom. The van der Waals surface area contributed by atoms with Crippen molar-refractivity contribution >= 4 is 35.2 Å². The Kier molecular flexibility index (Phi) is 9.35. The zero-order valence-electron chi connectivity index (χ0n) is 35.6. The molecule has 0 aliphatic rings. The maximum absolute atomic E-state index is 8.55. The van der Waals surface area contributed by atoms with Gasteiger partial charge in [0.1, 0.15) is 5.58 Å². The second kappa shape index (κ2) is 15.8. The molecule has 0 spiro atoms. The van der Waals surface area contributed by atoms with Crippen LogP contribution < -0.4 is 5.19 Å². The minimum absolute atomic E-state index is 0. The van der Waals surface area contributed by atoms with E-state index in [1.54, 1.807) is 19.9 Å². The van der Waals surface area contributed by atoms with Crippen LogP contribution >= 0.6 is 0 Å². The van der Waals surface area contributed by atoms with Gasteiger partial charge in [-0.15, -0.1) is 54.1 Å². The van der Waals surface area contributed by atoms with Gasteiger partial charge in [0, 0.05) is 46.1 Å². The molecule has 7 aromatic rings. The molecular formula is C45H46IrN2OSi-2. The van der Waals surface area contributed by atoms with E-state index < -0.39 is 27.2 Å². The van der Waals surface area contributed by atoms with E-state index in [2.05, 4.69) is 66.0 Å². The molecule has 4 aromatic carbocycles. The average molecular weight is 857 g/mol. The van der Waals surface area contributed by atoms with E-state index in [1.165, 1.54) is 6.20 Å². The van der Waals surface area contributed by atoms with Gasteiger partial charge in [-0.2, -0.15) is 0 Å². The summed E-state index contributed by atoms with van der Waals surface area (Å²) in [7, 11) is -1.67. The molecule has 7 rings (SSSR count). The summed E-state index contributed by atoms with van der Waals surface area (Å²) in [4.78, 5) is 9.03. The number of aryl methyl sites for hydroxylation is 1. The normalized spacial score (nSPS) is 14.0. The zero-order valence-corrected chi connectivity index (χ0v) is 33.0. The van der Waals surface area contributed by atoms with Crippen molar-refractivity contribution in [3.05, 3.63) is 138 Å². The molecule has 3 aromatic heterocycles. The molecule has 0 aliphatic heterocycles. The van der Waals surface area contributed by atoms with Crippen LogP contribution in [0.15, 0.2) is 114 Å². The molecular weight excluding hydrogens is 805 g/mol. The number of furan rings is 1. The third-order valence-corrected chi connectivity index (χ3v) is 10.4. The molecule has 0 unspecified atom stereocenters. The summed E-state index contributed by atoms with van der Waals surface area (Å²) in [6, 6.07) is 37.8. The third kappa shape index (κ3) is 8.24. The predicted octanol–water partition coefficient (Wildman–Crippen LogP) is 11.8. The van der Waals surface area contributed by atoms with E-state index in [4.69, 9.17) is 12.6 Å². The van der Waals surface area contributed by atoms with Crippen molar-refractivity contribution in [3.8, 4) is 33.6 Å². The summed E-state index contributed by atoms with van der Waals surface area (Å²) < 4.78 is 55.4. The molecule has 0 saturated heterocycles. The van der Waals surface area contributed by atoms with E-state index in [-0.39, 0.29) is 31.6 Å². The first-order chi connectivity index (χ1) is 25.8. The Bertz CT molecular complexity index is 2450. The van der Waals surface area contributed by atoms with Crippen molar-refractivity contribution in [2.75, 3.05) is 0 Å². The van der Waals surface area contributed by atoms with Gasteiger partial charge >= 0.3 is 0 Å². The summed E-state index contributed by atoms with van der Waals surface area (Å²) in [5, 5.41) is 3.03. The molecule has 3 nitrogen and oxygen atoms in total. The van der Waals surface area contributed by atoms with E-state index in [0.717, 1.165) is 49.5 Å². The summed E-state index contributed by atoms with van der Waals surface area (Å²) in [5.41, 5.74) is 7.75. The molecule has 1 radical (unpaired) electrons. The van der Waals surface area contributed by atoms with E-state index >= 15 is 0 Å². The molecule has 0 saturated carbocycles. The Labute approximate surface area is 321 Å². The Hall–Kier alpha value is -4.15. The maximum Gasteiger partial charge on any atom is 0.121 e. The minimum atomic E-state index is -2.35. The van der Waals surface area contributed by atoms with Gasteiger partial charge in [0.2, 0.25) is 0 Å². The summed E-state index contributed by atoms with van der Waals surface area (Å²) in [6.45, 7) is 11.6. The molecule has 0 atom stereocenters. The van der Waals surface area contributed by atoms with Crippen LogP contribution in [0.3, 0.4) is 0 Å². The molecule has 0 amide bonds. The number of aromatic nitrogens is 2. The molecule has 3 heterocycles. The molecule has 0 bridgehead atoms. The quantitative estimate of drug-likeness (QED) is 0.118. The monoisotopic (exact) mass is 857 g/mol. The standard InChI is InChI=1S/C27H22NO.C18H24NSi.Ir/c1-17(2)24-15-25(28-16-18(24)3)23-11-7-10-22-21-13-12-20(14-26(21)29-27(22)23)19-8-5-4-6-9-19;1-14(2)11-16-12-17(15-9-7-6-8-10-15)19-13-18(16)20(3,4)5;/h4-10,12-17H,1-3H3;6-9,12-14H,11H2,1-5H3;/q2*-1;/i3D3,17D;11D2;. The number of fused-ring (bicyclic) bond motifs is 3. The number of hydrogen-bond acceptors (Lipinski definition) is 3. The zero-order chi connectivity index (χ0) is 39.9. The van der Waals surface area contributed by atoms with Crippen LogP contribution in [0.25, 0.3) is 55.6 Å².